The molecular formula is C19H30N2O3. The zero-order valence-corrected chi connectivity index (χ0v) is 15.5. The predicted molar refractivity (Wildman–Crippen MR) is 95.3 cm³/mol. The highest BCUT2D eigenvalue weighted by Gasteiger charge is 2.39. The molecule has 1 aromatic rings. The molecule has 134 valence electrons. The van der Waals surface area contributed by atoms with E-state index in [-0.39, 0.29) is 11.5 Å². The molecule has 0 bridgehead atoms. The largest absolute Gasteiger partial charge is 0.488 e. The average Bonchev–Trinajstić information content (AvgIpc) is 2.53. The summed E-state index contributed by atoms with van der Waals surface area (Å²) in [5.74, 6) is 0.772. The van der Waals surface area contributed by atoms with E-state index in [1.807, 2.05) is 45.9 Å². The van der Waals surface area contributed by atoms with Crippen LogP contribution in [-0.4, -0.2) is 37.3 Å². The molecule has 0 aliphatic carbocycles. The standard InChI is InChI=1S/C19H30N2O3/c1-14-6-7-15(16(12-14)24-18(2,3)4)13-21-17(22)19(23-5)8-10-20-11-9-19/h6-7,12,20H,8-11,13H2,1-5H3,(H,21,22). The number of hydrogen-bond donors (Lipinski definition) is 2. The molecule has 1 heterocycles. The Balaban J connectivity index is 2.09. The summed E-state index contributed by atoms with van der Waals surface area (Å²) >= 11 is 0. The quantitative estimate of drug-likeness (QED) is 0.869. The first-order valence-electron chi connectivity index (χ1n) is 8.58. The molecule has 1 amide bonds. The Labute approximate surface area is 145 Å². The lowest BCUT2D eigenvalue weighted by Crippen LogP contribution is -2.53. The third-order valence-corrected chi connectivity index (χ3v) is 4.29. The van der Waals surface area contributed by atoms with Crippen LogP contribution in [0.15, 0.2) is 18.2 Å². The van der Waals surface area contributed by atoms with Crippen molar-refractivity contribution in [3.63, 3.8) is 0 Å². The van der Waals surface area contributed by atoms with Crippen molar-refractivity contribution < 1.29 is 14.3 Å². The summed E-state index contributed by atoms with van der Waals surface area (Å²) < 4.78 is 11.6. The second-order valence-electron chi connectivity index (χ2n) is 7.46. The van der Waals surface area contributed by atoms with Gasteiger partial charge in [-0.15, -0.1) is 0 Å². The molecule has 1 aromatic carbocycles. The first kappa shape index (κ1) is 18.7. The maximum Gasteiger partial charge on any atom is 0.252 e. The molecule has 0 spiro atoms. The normalized spacial score (nSPS) is 17.4. The molecule has 0 aromatic heterocycles. The molecule has 2 rings (SSSR count). The molecular weight excluding hydrogens is 304 g/mol. The van der Waals surface area contributed by atoms with Gasteiger partial charge in [-0.05, 0) is 65.3 Å². The Hall–Kier alpha value is -1.59. The van der Waals surface area contributed by atoms with E-state index in [2.05, 4.69) is 10.6 Å². The van der Waals surface area contributed by atoms with Crippen molar-refractivity contribution in [2.24, 2.45) is 0 Å². The van der Waals surface area contributed by atoms with Gasteiger partial charge in [-0.2, -0.15) is 0 Å². The molecule has 0 radical (unpaired) electrons. The number of piperidine rings is 1. The number of carbonyl (C=O) groups is 1. The van der Waals surface area contributed by atoms with Gasteiger partial charge >= 0.3 is 0 Å². The zero-order valence-electron chi connectivity index (χ0n) is 15.5. The van der Waals surface area contributed by atoms with Crippen LogP contribution in [0, 0.1) is 6.92 Å². The molecule has 0 unspecified atom stereocenters. The van der Waals surface area contributed by atoms with E-state index in [4.69, 9.17) is 9.47 Å². The van der Waals surface area contributed by atoms with Crippen LogP contribution in [0.4, 0.5) is 0 Å². The van der Waals surface area contributed by atoms with Crippen LogP contribution in [-0.2, 0) is 16.1 Å². The lowest BCUT2D eigenvalue weighted by Gasteiger charge is -2.34. The van der Waals surface area contributed by atoms with Crippen molar-refractivity contribution in [2.75, 3.05) is 20.2 Å². The minimum Gasteiger partial charge on any atom is -0.488 e. The van der Waals surface area contributed by atoms with E-state index in [0.717, 1.165) is 30.0 Å². The van der Waals surface area contributed by atoms with Gasteiger partial charge in [0.2, 0.25) is 0 Å². The molecule has 1 saturated heterocycles. The number of carbonyl (C=O) groups excluding carboxylic acids is 1. The van der Waals surface area contributed by atoms with E-state index < -0.39 is 5.60 Å². The number of rotatable bonds is 5. The van der Waals surface area contributed by atoms with Crippen LogP contribution >= 0.6 is 0 Å². The Bertz CT molecular complexity index is 572. The summed E-state index contributed by atoms with van der Waals surface area (Å²) in [5, 5.41) is 6.30. The second-order valence-corrected chi connectivity index (χ2v) is 7.46. The lowest BCUT2D eigenvalue weighted by atomic mass is 9.91. The molecule has 5 nitrogen and oxygen atoms in total. The second kappa shape index (κ2) is 7.53. The molecule has 1 aliphatic heterocycles. The predicted octanol–water partition coefficient (Wildman–Crippen LogP) is 2.56. The molecule has 5 heteroatoms. The van der Waals surface area contributed by atoms with E-state index in [1.54, 1.807) is 7.11 Å². The van der Waals surface area contributed by atoms with Crippen LogP contribution in [0.3, 0.4) is 0 Å². The van der Waals surface area contributed by atoms with Gasteiger partial charge in [-0.1, -0.05) is 12.1 Å². The van der Waals surface area contributed by atoms with E-state index in [9.17, 15) is 4.79 Å². The van der Waals surface area contributed by atoms with Crippen LogP contribution in [0.25, 0.3) is 0 Å². The first-order chi connectivity index (χ1) is 11.3. The van der Waals surface area contributed by atoms with Crippen molar-refractivity contribution in [1.82, 2.24) is 10.6 Å². The van der Waals surface area contributed by atoms with Gasteiger partial charge in [0.05, 0.1) is 0 Å². The van der Waals surface area contributed by atoms with Crippen LogP contribution in [0.2, 0.25) is 0 Å². The first-order valence-corrected chi connectivity index (χ1v) is 8.58. The number of hydrogen-bond acceptors (Lipinski definition) is 4. The monoisotopic (exact) mass is 334 g/mol. The number of ether oxygens (including phenoxy) is 2. The van der Waals surface area contributed by atoms with Gasteiger partial charge in [-0.25, -0.2) is 0 Å². The number of aryl methyl sites for hydroxylation is 1. The SMILES string of the molecule is COC1(C(=O)NCc2ccc(C)cc2OC(C)(C)C)CCNCC1. The Kier molecular flexibility index (Phi) is 5.88. The Morgan fingerprint density at radius 3 is 2.54 bits per heavy atom. The van der Waals surface area contributed by atoms with Crippen molar-refractivity contribution >= 4 is 5.91 Å². The van der Waals surface area contributed by atoms with Crippen molar-refractivity contribution in [2.45, 2.75) is 58.3 Å². The summed E-state index contributed by atoms with van der Waals surface area (Å²) in [4.78, 5) is 12.7. The molecule has 1 fully saturated rings. The number of methoxy groups -OCH3 is 1. The van der Waals surface area contributed by atoms with Gasteiger partial charge in [0.25, 0.3) is 5.91 Å². The average molecular weight is 334 g/mol. The summed E-state index contributed by atoms with van der Waals surface area (Å²) in [6.45, 7) is 10.1. The molecule has 0 atom stereocenters. The van der Waals surface area contributed by atoms with E-state index >= 15 is 0 Å². The maximum atomic E-state index is 12.7. The number of benzene rings is 1. The fourth-order valence-corrected chi connectivity index (χ4v) is 2.92. The van der Waals surface area contributed by atoms with Crippen LogP contribution in [0.5, 0.6) is 5.75 Å². The number of nitrogens with one attached hydrogen (secondary N) is 2. The number of amides is 1. The fraction of sp³-hybridized carbons (Fsp3) is 0.632. The van der Waals surface area contributed by atoms with E-state index in [0.29, 0.717) is 19.4 Å². The highest BCUT2D eigenvalue weighted by atomic mass is 16.5. The van der Waals surface area contributed by atoms with Gasteiger partial charge in [0.1, 0.15) is 17.0 Å². The van der Waals surface area contributed by atoms with Crippen molar-refractivity contribution in [3.8, 4) is 5.75 Å². The topological polar surface area (TPSA) is 59.6 Å². The smallest absolute Gasteiger partial charge is 0.252 e. The summed E-state index contributed by atoms with van der Waals surface area (Å²) in [6.07, 6.45) is 1.38. The summed E-state index contributed by atoms with van der Waals surface area (Å²) in [5.41, 5.74) is 1.11. The Morgan fingerprint density at radius 2 is 1.96 bits per heavy atom. The molecule has 2 N–H and O–H groups in total. The fourth-order valence-electron chi connectivity index (χ4n) is 2.92. The highest BCUT2D eigenvalue weighted by Crippen LogP contribution is 2.26. The van der Waals surface area contributed by atoms with Gasteiger partial charge in [-0.3, -0.25) is 4.79 Å². The van der Waals surface area contributed by atoms with Gasteiger partial charge < -0.3 is 20.1 Å². The van der Waals surface area contributed by atoms with E-state index in [1.165, 1.54) is 0 Å². The zero-order chi connectivity index (χ0) is 17.8. The summed E-state index contributed by atoms with van der Waals surface area (Å²) in [6, 6.07) is 6.07. The third-order valence-electron chi connectivity index (χ3n) is 4.29. The maximum absolute atomic E-state index is 12.7. The Morgan fingerprint density at radius 1 is 1.29 bits per heavy atom. The van der Waals surface area contributed by atoms with Gasteiger partial charge in [0, 0.05) is 19.2 Å². The lowest BCUT2D eigenvalue weighted by molar-refractivity contribution is -0.146. The summed E-state index contributed by atoms with van der Waals surface area (Å²) in [7, 11) is 1.62. The molecule has 1 aliphatic rings. The van der Waals surface area contributed by atoms with Gasteiger partial charge in [0.15, 0.2) is 0 Å². The molecule has 0 saturated carbocycles. The third kappa shape index (κ3) is 4.71. The molecule has 24 heavy (non-hydrogen) atoms. The minimum absolute atomic E-state index is 0.0474. The minimum atomic E-state index is -0.721. The van der Waals surface area contributed by atoms with Crippen molar-refractivity contribution in [3.05, 3.63) is 29.3 Å². The van der Waals surface area contributed by atoms with Crippen molar-refractivity contribution in [1.29, 1.82) is 0 Å². The highest BCUT2D eigenvalue weighted by molar-refractivity contribution is 5.85. The van der Waals surface area contributed by atoms with Crippen LogP contribution < -0.4 is 15.4 Å². The van der Waals surface area contributed by atoms with Crippen LogP contribution in [0.1, 0.15) is 44.7 Å².